The minimum absolute atomic E-state index is 0.0563. The third-order valence-electron chi connectivity index (χ3n) is 3.58. The summed E-state index contributed by atoms with van der Waals surface area (Å²) in [6.07, 6.45) is -0.0563. The van der Waals surface area contributed by atoms with Gasteiger partial charge in [0.15, 0.2) is 0 Å². The number of ether oxygens (including phenoxy) is 1. The molecule has 7 heteroatoms. The van der Waals surface area contributed by atoms with Gasteiger partial charge in [0.05, 0.1) is 30.9 Å². The van der Waals surface area contributed by atoms with E-state index in [1.165, 1.54) is 37.4 Å². The molecule has 0 unspecified atom stereocenters. The first-order valence-corrected chi connectivity index (χ1v) is 8.17. The quantitative estimate of drug-likeness (QED) is 0.858. The normalized spacial score (nSPS) is 13.6. The highest BCUT2D eigenvalue weighted by Gasteiger charge is 2.38. The molecular formula is C16H12N2O4S. The van der Waals surface area contributed by atoms with Crippen molar-refractivity contribution in [2.45, 2.75) is 11.3 Å². The Hall–Kier alpha value is -2.85. The molecule has 3 rings (SSSR count). The minimum Gasteiger partial charge on any atom is -0.495 e. The van der Waals surface area contributed by atoms with Gasteiger partial charge < -0.3 is 4.74 Å². The number of carbonyl (C=O) groups is 1. The van der Waals surface area contributed by atoms with Crippen molar-refractivity contribution in [3.63, 3.8) is 0 Å². The van der Waals surface area contributed by atoms with Gasteiger partial charge in [-0.3, -0.25) is 4.79 Å². The predicted molar refractivity (Wildman–Crippen MR) is 82.5 cm³/mol. The summed E-state index contributed by atoms with van der Waals surface area (Å²) in [4.78, 5) is 12.2. The van der Waals surface area contributed by atoms with E-state index in [0.29, 0.717) is 11.1 Å². The second kappa shape index (κ2) is 5.41. The number of rotatable bonds is 3. The lowest BCUT2D eigenvalue weighted by atomic mass is 10.1. The van der Waals surface area contributed by atoms with Gasteiger partial charge >= 0.3 is 0 Å². The summed E-state index contributed by atoms with van der Waals surface area (Å²) in [5.74, 6) is -0.386. The summed E-state index contributed by atoms with van der Waals surface area (Å²) in [6, 6.07) is 12.6. The van der Waals surface area contributed by atoms with E-state index in [1.54, 1.807) is 12.1 Å². The molecule has 116 valence electrons. The van der Waals surface area contributed by atoms with Crippen LogP contribution in [0.5, 0.6) is 5.75 Å². The number of para-hydroxylation sites is 1. The standard InChI is InChI=1S/C16H12N2O4S/c1-22-14-4-2-3-5-15(14)23(20,21)18-13-7-6-11(10-17)8-12(13)9-16(18)19/h2-8H,9H2,1H3. The van der Waals surface area contributed by atoms with E-state index in [2.05, 4.69) is 0 Å². The molecule has 2 aromatic rings. The third kappa shape index (κ3) is 2.33. The second-order valence-electron chi connectivity index (χ2n) is 4.95. The van der Waals surface area contributed by atoms with Gasteiger partial charge in [0.1, 0.15) is 10.6 Å². The van der Waals surface area contributed by atoms with Crippen LogP contribution in [-0.4, -0.2) is 21.4 Å². The summed E-state index contributed by atoms with van der Waals surface area (Å²) < 4.78 is 31.7. The maximum atomic E-state index is 12.9. The Balaban J connectivity index is 2.16. The highest BCUT2D eigenvalue weighted by atomic mass is 32.2. The molecule has 1 aliphatic rings. The number of amides is 1. The number of methoxy groups -OCH3 is 1. The van der Waals surface area contributed by atoms with Gasteiger partial charge in [0, 0.05) is 0 Å². The highest BCUT2D eigenvalue weighted by Crippen LogP contribution is 2.36. The van der Waals surface area contributed by atoms with E-state index >= 15 is 0 Å². The maximum Gasteiger partial charge on any atom is 0.274 e. The number of hydrogen-bond donors (Lipinski definition) is 0. The minimum atomic E-state index is -4.09. The van der Waals surface area contributed by atoms with Crippen molar-refractivity contribution in [3.8, 4) is 11.8 Å². The summed E-state index contributed by atoms with van der Waals surface area (Å²) in [7, 11) is -2.72. The van der Waals surface area contributed by atoms with Crippen LogP contribution in [0.15, 0.2) is 47.4 Å². The summed E-state index contributed by atoms with van der Waals surface area (Å²) in [5, 5.41) is 8.92. The highest BCUT2D eigenvalue weighted by molar-refractivity contribution is 7.93. The molecule has 0 radical (unpaired) electrons. The number of sulfonamides is 1. The number of fused-ring (bicyclic) bond motifs is 1. The smallest absolute Gasteiger partial charge is 0.274 e. The number of carbonyl (C=O) groups excluding carboxylic acids is 1. The molecule has 0 atom stereocenters. The average Bonchev–Trinajstić information content (AvgIpc) is 2.90. The van der Waals surface area contributed by atoms with Gasteiger partial charge in [0.25, 0.3) is 10.0 Å². The van der Waals surface area contributed by atoms with Gasteiger partial charge in [-0.05, 0) is 35.9 Å². The molecular weight excluding hydrogens is 316 g/mol. The first-order chi connectivity index (χ1) is 11.0. The predicted octanol–water partition coefficient (Wildman–Crippen LogP) is 1.84. The van der Waals surface area contributed by atoms with E-state index in [-0.39, 0.29) is 22.8 Å². The van der Waals surface area contributed by atoms with Crippen LogP contribution >= 0.6 is 0 Å². The summed E-state index contributed by atoms with van der Waals surface area (Å²) in [5.41, 5.74) is 1.18. The molecule has 2 aromatic carbocycles. The molecule has 0 aromatic heterocycles. The Morgan fingerprint density at radius 1 is 1.22 bits per heavy atom. The Morgan fingerprint density at radius 3 is 2.65 bits per heavy atom. The average molecular weight is 328 g/mol. The zero-order valence-corrected chi connectivity index (χ0v) is 13.0. The van der Waals surface area contributed by atoms with E-state index < -0.39 is 15.9 Å². The number of benzene rings is 2. The molecule has 0 fully saturated rings. The summed E-state index contributed by atoms with van der Waals surface area (Å²) in [6.45, 7) is 0. The lowest BCUT2D eigenvalue weighted by Gasteiger charge is -2.19. The van der Waals surface area contributed by atoms with E-state index in [4.69, 9.17) is 10.00 Å². The van der Waals surface area contributed by atoms with Crippen molar-refractivity contribution in [1.82, 2.24) is 0 Å². The molecule has 23 heavy (non-hydrogen) atoms. The fraction of sp³-hybridized carbons (Fsp3) is 0.125. The van der Waals surface area contributed by atoms with Gasteiger partial charge in [0.2, 0.25) is 5.91 Å². The molecule has 0 saturated heterocycles. The first kappa shape index (κ1) is 15.1. The largest absolute Gasteiger partial charge is 0.495 e. The number of hydrogen-bond acceptors (Lipinski definition) is 5. The Labute approximate surface area is 133 Å². The monoisotopic (exact) mass is 328 g/mol. The van der Waals surface area contributed by atoms with Crippen molar-refractivity contribution in [3.05, 3.63) is 53.6 Å². The SMILES string of the molecule is COc1ccccc1S(=O)(=O)N1C(=O)Cc2cc(C#N)ccc21. The van der Waals surface area contributed by atoms with Crippen LogP contribution in [0.3, 0.4) is 0 Å². The van der Waals surface area contributed by atoms with Crippen molar-refractivity contribution in [1.29, 1.82) is 5.26 Å². The van der Waals surface area contributed by atoms with Crippen LogP contribution in [0, 0.1) is 11.3 Å². The first-order valence-electron chi connectivity index (χ1n) is 6.73. The van der Waals surface area contributed by atoms with Gasteiger partial charge in [-0.1, -0.05) is 12.1 Å². The van der Waals surface area contributed by atoms with Crippen LogP contribution in [0.1, 0.15) is 11.1 Å². The molecule has 1 aliphatic heterocycles. The lowest BCUT2D eigenvalue weighted by Crippen LogP contribution is -2.34. The van der Waals surface area contributed by atoms with Crippen molar-refractivity contribution in [2.24, 2.45) is 0 Å². The lowest BCUT2D eigenvalue weighted by molar-refractivity contribution is -0.116. The van der Waals surface area contributed by atoms with Gasteiger partial charge in [-0.2, -0.15) is 5.26 Å². The van der Waals surface area contributed by atoms with Crippen LogP contribution in [0.25, 0.3) is 0 Å². The topological polar surface area (TPSA) is 87.5 Å². The van der Waals surface area contributed by atoms with Crippen LogP contribution < -0.4 is 9.04 Å². The zero-order chi connectivity index (χ0) is 16.6. The van der Waals surface area contributed by atoms with Crippen molar-refractivity contribution < 1.29 is 17.9 Å². The van der Waals surface area contributed by atoms with Crippen LogP contribution in [0.4, 0.5) is 5.69 Å². The number of anilines is 1. The fourth-order valence-electron chi connectivity index (χ4n) is 2.56. The molecule has 6 nitrogen and oxygen atoms in total. The van der Waals surface area contributed by atoms with E-state index in [9.17, 15) is 13.2 Å². The molecule has 0 saturated carbocycles. The fourth-order valence-corrected chi connectivity index (χ4v) is 4.18. The van der Waals surface area contributed by atoms with Crippen molar-refractivity contribution >= 4 is 21.6 Å². The molecule has 0 N–H and O–H groups in total. The van der Waals surface area contributed by atoms with Gasteiger partial charge in [-0.25, -0.2) is 12.7 Å². The van der Waals surface area contributed by atoms with Crippen LogP contribution in [0.2, 0.25) is 0 Å². The second-order valence-corrected chi connectivity index (χ2v) is 6.70. The molecule has 1 amide bonds. The molecule has 0 spiro atoms. The van der Waals surface area contributed by atoms with Gasteiger partial charge in [-0.15, -0.1) is 0 Å². The van der Waals surface area contributed by atoms with E-state index in [0.717, 1.165) is 4.31 Å². The number of nitrogens with zero attached hydrogens (tertiary/aromatic N) is 2. The Morgan fingerprint density at radius 2 is 1.96 bits per heavy atom. The van der Waals surface area contributed by atoms with E-state index in [1.807, 2.05) is 6.07 Å². The maximum absolute atomic E-state index is 12.9. The Bertz CT molecular complexity index is 945. The number of nitriles is 1. The molecule has 0 aliphatic carbocycles. The third-order valence-corrected chi connectivity index (χ3v) is 5.36. The zero-order valence-electron chi connectivity index (χ0n) is 12.2. The molecule has 1 heterocycles. The van der Waals surface area contributed by atoms with Crippen LogP contribution in [-0.2, 0) is 21.2 Å². The summed E-state index contributed by atoms with van der Waals surface area (Å²) >= 11 is 0. The molecule has 0 bridgehead atoms. The van der Waals surface area contributed by atoms with Crippen molar-refractivity contribution in [2.75, 3.05) is 11.4 Å². The Kier molecular flexibility index (Phi) is 3.54.